The molecule has 1 unspecified atom stereocenters. The van der Waals surface area contributed by atoms with Crippen LogP contribution in [0.3, 0.4) is 0 Å². The lowest BCUT2D eigenvalue weighted by Crippen LogP contribution is -2.33. The van der Waals surface area contributed by atoms with E-state index in [0.29, 0.717) is 12.1 Å². The summed E-state index contributed by atoms with van der Waals surface area (Å²) in [6.45, 7) is 4.41. The Balaban J connectivity index is 1.94. The third kappa shape index (κ3) is 2.94. The zero-order valence-corrected chi connectivity index (χ0v) is 9.72. The van der Waals surface area contributed by atoms with Gasteiger partial charge < -0.3 is 10.6 Å². The minimum absolute atomic E-state index is 0.396. The Labute approximate surface area is 96.0 Å². The molecule has 82 valence electrons. The van der Waals surface area contributed by atoms with Crippen molar-refractivity contribution < 1.29 is 0 Å². The summed E-state index contributed by atoms with van der Waals surface area (Å²) in [6, 6.07) is 9.07. The topological polar surface area (TPSA) is 24.1 Å². The van der Waals surface area contributed by atoms with Crippen LogP contribution >= 0.6 is 11.6 Å². The lowest BCUT2D eigenvalue weighted by Gasteiger charge is -2.19. The number of benzene rings is 1. The van der Waals surface area contributed by atoms with E-state index >= 15 is 0 Å². The standard InChI is InChI=1S/C12H17ClN2/c1-9(15-12-6-7-14-8-12)10-2-4-11(13)5-3-10/h2-5,9,12,14-15H,6-8H2,1H3/t9-,12?/m1/s1. The third-order valence-corrected chi connectivity index (χ3v) is 3.17. The summed E-state index contributed by atoms with van der Waals surface area (Å²) >= 11 is 5.86. The second-order valence-corrected chi connectivity index (χ2v) is 4.57. The molecule has 1 aromatic rings. The highest BCUT2D eigenvalue weighted by molar-refractivity contribution is 6.30. The molecule has 1 heterocycles. The molecule has 2 N–H and O–H groups in total. The van der Waals surface area contributed by atoms with Gasteiger partial charge in [0.1, 0.15) is 0 Å². The van der Waals surface area contributed by atoms with Gasteiger partial charge in [-0.25, -0.2) is 0 Å². The van der Waals surface area contributed by atoms with Crippen molar-refractivity contribution in [3.05, 3.63) is 34.9 Å². The SMILES string of the molecule is C[C@@H](NC1CCNC1)c1ccc(Cl)cc1. The fourth-order valence-corrected chi connectivity index (χ4v) is 2.12. The Hall–Kier alpha value is -0.570. The fraction of sp³-hybridized carbons (Fsp3) is 0.500. The van der Waals surface area contributed by atoms with Crippen LogP contribution in [0.15, 0.2) is 24.3 Å². The average Bonchev–Trinajstić information content (AvgIpc) is 2.71. The van der Waals surface area contributed by atoms with E-state index in [1.807, 2.05) is 12.1 Å². The fourth-order valence-electron chi connectivity index (χ4n) is 2.00. The van der Waals surface area contributed by atoms with Gasteiger partial charge in [-0.1, -0.05) is 23.7 Å². The largest absolute Gasteiger partial charge is 0.315 e. The van der Waals surface area contributed by atoms with Crippen molar-refractivity contribution in [2.24, 2.45) is 0 Å². The van der Waals surface area contributed by atoms with E-state index in [4.69, 9.17) is 11.6 Å². The lowest BCUT2D eigenvalue weighted by atomic mass is 10.1. The van der Waals surface area contributed by atoms with Gasteiger partial charge >= 0.3 is 0 Å². The molecule has 0 aliphatic carbocycles. The molecule has 1 aliphatic heterocycles. The Morgan fingerprint density at radius 2 is 2.13 bits per heavy atom. The first-order chi connectivity index (χ1) is 7.25. The number of hydrogen-bond acceptors (Lipinski definition) is 2. The van der Waals surface area contributed by atoms with Gasteiger partial charge in [-0.2, -0.15) is 0 Å². The molecule has 15 heavy (non-hydrogen) atoms. The average molecular weight is 225 g/mol. The number of halogens is 1. The summed E-state index contributed by atoms with van der Waals surface area (Å²) in [7, 11) is 0. The van der Waals surface area contributed by atoms with Crippen LogP contribution in [-0.4, -0.2) is 19.1 Å². The van der Waals surface area contributed by atoms with E-state index < -0.39 is 0 Å². The van der Waals surface area contributed by atoms with Crippen LogP contribution in [-0.2, 0) is 0 Å². The van der Waals surface area contributed by atoms with Crippen LogP contribution in [0.4, 0.5) is 0 Å². The summed E-state index contributed by atoms with van der Waals surface area (Å²) in [4.78, 5) is 0. The van der Waals surface area contributed by atoms with Gasteiger partial charge in [0.25, 0.3) is 0 Å². The second kappa shape index (κ2) is 4.97. The van der Waals surface area contributed by atoms with Crippen LogP contribution in [0.5, 0.6) is 0 Å². The second-order valence-electron chi connectivity index (χ2n) is 4.13. The number of rotatable bonds is 3. The molecule has 2 nitrogen and oxygen atoms in total. The molecule has 0 amide bonds. The van der Waals surface area contributed by atoms with Crippen molar-refractivity contribution in [3.8, 4) is 0 Å². The third-order valence-electron chi connectivity index (χ3n) is 2.92. The zero-order valence-electron chi connectivity index (χ0n) is 8.96. The van der Waals surface area contributed by atoms with Crippen molar-refractivity contribution in [2.45, 2.75) is 25.4 Å². The van der Waals surface area contributed by atoms with Gasteiger partial charge in [0.2, 0.25) is 0 Å². The minimum atomic E-state index is 0.396. The molecule has 0 spiro atoms. The normalized spacial score (nSPS) is 22.9. The molecule has 0 bridgehead atoms. The summed E-state index contributed by atoms with van der Waals surface area (Å²) in [5, 5.41) is 7.76. The highest BCUT2D eigenvalue weighted by Crippen LogP contribution is 2.17. The molecule has 2 rings (SSSR count). The van der Waals surface area contributed by atoms with Crippen molar-refractivity contribution in [1.29, 1.82) is 0 Å². The smallest absolute Gasteiger partial charge is 0.0406 e. The summed E-state index contributed by atoms with van der Waals surface area (Å²) in [6.07, 6.45) is 1.22. The maximum absolute atomic E-state index is 5.86. The maximum atomic E-state index is 5.86. The molecule has 2 atom stereocenters. The Morgan fingerprint density at radius 1 is 1.40 bits per heavy atom. The molecule has 1 fully saturated rings. The first-order valence-corrected chi connectivity index (χ1v) is 5.86. The summed E-state index contributed by atoms with van der Waals surface area (Å²) in [5.41, 5.74) is 1.30. The van der Waals surface area contributed by atoms with Gasteiger partial charge in [-0.3, -0.25) is 0 Å². The van der Waals surface area contributed by atoms with Gasteiger partial charge in [0, 0.05) is 23.7 Å². The highest BCUT2D eigenvalue weighted by atomic mass is 35.5. The summed E-state index contributed by atoms with van der Waals surface area (Å²) < 4.78 is 0. The van der Waals surface area contributed by atoms with Crippen LogP contribution in [0.2, 0.25) is 5.02 Å². The summed E-state index contributed by atoms with van der Waals surface area (Å²) in [5.74, 6) is 0. The van der Waals surface area contributed by atoms with Gasteiger partial charge in [0.05, 0.1) is 0 Å². The maximum Gasteiger partial charge on any atom is 0.0406 e. The molecule has 1 aromatic carbocycles. The van der Waals surface area contributed by atoms with E-state index in [9.17, 15) is 0 Å². The molecule has 3 heteroatoms. The van der Waals surface area contributed by atoms with Crippen LogP contribution in [0.25, 0.3) is 0 Å². The quantitative estimate of drug-likeness (QED) is 0.824. The monoisotopic (exact) mass is 224 g/mol. The van der Waals surface area contributed by atoms with Gasteiger partial charge in [-0.15, -0.1) is 0 Å². The number of nitrogens with one attached hydrogen (secondary N) is 2. The van der Waals surface area contributed by atoms with E-state index in [0.717, 1.165) is 18.1 Å². The van der Waals surface area contributed by atoms with E-state index in [2.05, 4.69) is 29.7 Å². The molecular formula is C12H17ClN2. The van der Waals surface area contributed by atoms with Crippen molar-refractivity contribution in [2.75, 3.05) is 13.1 Å². The van der Waals surface area contributed by atoms with E-state index in [1.54, 1.807) is 0 Å². The van der Waals surface area contributed by atoms with E-state index in [1.165, 1.54) is 12.0 Å². The molecule has 0 aromatic heterocycles. The van der Waals surface area contributed by atoms with Gasteiger partial charge in [-0.05, 0) is 37.6 Å². The minimum Gasteiger partial charge on any atom is -0.315 e. The first kappa shape index (κ1) is 10.9. The lowest BCUT2D eigenvalue weighted by molar-refractivity contribution is 0.478. The van der Waals surface area contributed by atoms with Crippen LogP contribution in [0, 0.1) is 0 Å². The predicted molar refractivity (Wildman–Crippen MR) is 64.3 cm³/mol. The van der Waals surface area contributed by atoms with Crippen LogP contribution in [0.1, 0.15) is 24.9 Å². The molecular weight excluding hydrogens is 208 g/mol. The molecule has 1 saturated heterocycles. The molecule has 0 saturated carbocycles. The zero-order chi connectivity index (χ0) is 10.7. The Kier molecular flexibility index (Phi) is 3.62. The Bertz CT molecular complexity index is 304. The van der Waals surface area contributed by atoms with Crippen molar-refractivity contribution >= 4 is 11.6 Å². The van der Waals surface area contributed by atoms with Crippen molar-refractivity contribution in [3.63, 3.8) is 0 Å². The highest BCUT2D eigenvalue weighted by Gasteiger charge is 2.16. The first-order valence-electron chi connectivity index (χ1n) is 5.48. The Morgan fingerprint density at radius 3 is 2.73 bits per heavy atom. The van der Waals surface area contributed by atoms with E-state index in [-0.39, 0.29) is 0 Å². The number of hydrogen-bond donors (Lipinski definition) is 2. The molecule has 0 radical (unpaired) electrons. The predicted octanol–water partition coefficient (Wildman–Crippen LogP) is 2.35. The van der Waals surface area contributed by atoms with Gasteiger partial charge in [0.15, 0.2) is 0 Å². The van der Waals surface area contributed by atoms with Crippen LogP contribution < -0.4 is 10.6 Å². The molecule has 1 aliphatic rings. The van der Waals surface area contributed by atoms with Crippen molar-refractivity contribution in [1.82, 2.24) is 10.6 Å².